The molecule has 0 bridgehead atoms. The van der Waals surface area contributed by atoms with Crippen LogP contribution >= 0.6 is 20.6 Å². The second kappa shape index (κ2) is 17.8. The van der Waals surface area contributed by atoms with Gasteiger partial charge >= 0.3 is 23.9 Å². The number of rotatable bonds is 8. The summed E-state index contributed by atoms with van der Waals surface area (Å²) in [5.41, 5.74) is -0.961. The van der Waals surface area contributed by atoms with E-state index in [-0.39, 0.29) is 35.0 Å². The fourth-order valence-corrected chi connectivity index (χ4v) is 4.61. The average Bonchev–Trinajstić information content (AvgIpc) is 2.66. The molecule has 1 heterocycles. The Bertz CT molecular complexity index is 598. The molecule has 1 fully saturated rings. The molecule has 12 heteroatoms. The predicted molar refractivity (Wildman–Crippen MR) is 121 cm³/mol. The SMILES string of the molecule is CC(=O)O[C@@H]1[C@@H](OC(C)=O)[C@H](S)O[C@H](COC(C)=[OH+])[C@H]1OC(C)=O.CCP(CC)CC.[Au]. The minimum atomic E-state index is -1.14. The maximum absolute atomic E-state index is 11.4. The van der Waals surface area contributed by atoms with E-state index in [9.17, 15) is 14.4 Å². The van der Waals surface area contributed by atoms with Crippen LogP contribution in [0, 0.1) is 0 Å². The van der Waals surface area contributed by atoms with E-state index in [0.717, 1.165) is 6.92 Å². The maximum atomic E-state index is 11.4. The molecule has 0 aromatic rings. The van der Waals surface area contributed by atoms with Crippen LogP contribution in [0.5, 0.6) is 0 Å². The van der Waals surface area contributed by atoms with E-state index in [4.69, 9.17) is 28.5 Å². The zero-order valence-corrected chi connectivity index (χ0v) is 23.6. The van der Waals surface area contributed by atoms with Gasteiger partial charge in [0, 0.05) is 43.2 Å². The summed E-state index contributed by atoms with van der Waals surface area (Å²) in [5.74, 6) is -2.28. The molecule has 0 aliphatic carbocycles. The van der Waals surface area contributed by atoms with E-state index < -0.39 is 47.8 Å². The van der Waals surface area contributed by atoms with Gasteiger partial charge < -0.3 is 28.5 Å². The van der Waals surface area contributed by atoms with Crippen molar-refractivity contribution in [2.75, 3.05) is 25.1 Å². The minimum absolute atomic E-state index is 0. The fraction of sp³-hybridized carbons (Fsp3) is 0.800. The molecule has 191 valence electrons. The Morgan fingerprint density at radius 2 is 1.25 bits per heavy atom. The zero-order chi connectivity index (χ0) is 24.1. The summed E-state index contributed by atoms with van der Waals surface area (Å²) < 4.78 is 26.0. The Labute approximate surface area is 212 Å². The summed E-state index contributed by atoms with van der Waals surface area (Å²) in [6, 6.07) is 0. The molecule has 32 heavy (non-hydrogen) atoms. The van der Waals surface area contributed by atoms with Gasteiger partial charge in [0.2, 0.25) is 6.61 Å². The van der Waals surface area contributed by atoms with Crippen LogP contribution < -0.4 is 0 Å². The van der Waals surface area contributed by atoms with E-state index in [0.29, 0.717) is 7.92 Å². The van der Waals surface area contributed by atoms with Crippen molar-refractivity contribution in [2.45, 2.75) is 78.3 Å². The predicted octanol–water partition coefficient (Wildman–Crippen LogP) is 2.50. The standard InChI is InChI=1S/C14H20O9S.C6H15P.Au/c1-6(15)19-5-10-11(20-7(2)16)12(21-8(3)17)13(14(24)23-10)22-9(4)18;1-4-7(5-2)6-3;/h10-14,24H,5H2,1-4H3;4-6H2,1-3H3;/p+1/t10-,11-,12+,13-,14+;;/m1../s1. The van der Waals surface area contributed by atoms with Crippen molar-refractivity contribution < 1.29 is 65.2 Å². The van der Waals surface area contributed by atoms with Gasteiger partial charge in [-0.2, -0.15) is 0 Å². The number of hydrogen-bond acceptors (Lipinski definition) is 9. The van der Waals surface area contributed by atoms with Crippen molar-refractivity contribution in [3.8, 4) is 0 Å². The minimum Gasteiger partial charge on any atom is -0.455 e. The van der Waals surface area contributed by atoms with Crippen LogP contribution in [0.1, 0.15) is 48.5 Å². The van der Waals surface area contributed by atoms with E-state index in [1.807, 2.05) is 0 Å². The molecule has 0 saturated carbocycles. The van der Waals surface area contributed by atoms with Gasteiger partial charge in [-0.3, -0.25) is 14.4 Å². The Hall–Kier alpha value is -0.640. The number of thiol groups is 1. The van der Waals surface area contributed by atoms with E-state index >= 15 is 0 Å². The van der Waals surface area contributed by atoms with Crippen LogP contribution in [0.4, 0.5) is 0 Å². The first-order chi connectivity index (χ1) is 14.5. The molecule has 1 aliphatic rings. The monoisotopic (exact) mass is 680 g/mol. The van der Waals surface area contributed by atoms with Gasteiger partial charge in [0.05, 0.1) is 6.92 Å². The molecular weight excluding hydrogens is 644 g/mol. The first kappa shape index (κ1) is 33.5. The second-order valence-electron chi connectivity index (χ2n) is 6.74. The van der Waals surface area contributed by atoms with Gasteiger partial charge in [-0.25, -0.2) is 0 Å². The number of ether oxygens (including phenoxy) is 5. The van der Waals surface area contributed by atoms with Gasteiger partial charge in [-0.15, -0.1) is 20.6 Å². The fourth-order valence-electron chi connectivity index (χ4n) is 2.88. The van der Waals surface area contributed by atoms with Gasteiger partial charge in [0.25, 0.3) is 0 Å². The molecule has 0 aromatic heterocycles. The Balaban J connectivity index is 0. The Morgan fingerprint density at radius 3 is 1.59 bits per heavy atom. The van der Waals surface area contributed by atoms with Crippen LogP contribution in [-0.4, -0.2) is 83.6 Å². The molecule has 1 radical (unpaired) electrons. The third-order valence-electron chi connectivity index (χ3n) is 4.31. The summed E-state index contributed by atoms with van der Waals surface area (Å²) in [6.07, 6.45) is 0.00865. The first-order valence-corrected chi connectivity index (χ1v) is 12.6. The summed E-state index contributed by atoms with van der Waals surface area (Å²) in [4.78, 5) is 43.3. The quantitative estimate of drug-likeness (QED) is 0.104. The maximum Gasteiger partial charge on any atom is 0.479 e. The second-order valence-corrected chi connectivity index (χ2v) is 10.5. The first-order valence-electron chi connectivity index (χ1n) is 10.2. The van der Waals surface area contributed by atoms with Crippen molar-refractivity contribution in [1.82, 2.24) is 0 Å². The van der Waals surface area contributed by atoms with Crippen molar-refractivity contribution in [1.29, 1.82) is 0 Å². The largest absolute Gasteiger partial charge is 0.479 e. The third kappa shape index (κ3) is 13.2. The molecule has 5 atom stereocenters. The molecule has 1 N–H and O–H groups in total. The number of carbonyl (C=O) groups excluding carboxylic acids is 4. The van der Waals surface area contributed by atoms with Crippen LogP contribution in [-0.2, 0) is 60.4 Å². The Morgan fingerprint density at radius 1 is 0.844 bits per heavy atom. The number of hydrogen-bond donors (Lipinski definition) is 1. The van der Waals surface area contributed by atoms with Crippen LogP contribution in [0.3, 0.4) is 0 Å². The number of esters is 4. The normalized spacial score (nSPS) is 24.2. The summed E-state index contributed by atoms with van der Waals surface area (Å²) in [7, 11) is 0.446. The van der Waals surface area contributed by atoms with E-state index in [1.165, 1.54) is 39.3 Å². The van der Waals surface area contributed by atoms with Gasteiger partial charge in [0.1, 0.15) is 5.44 Å². The molecule has 9 nitrogen and oxygen atoms in total. The molecule has 1 aliphatic heterocycles. The van der Waals surface area contributed by atoms with Gasteiger partial charge in [-0.05, 0) is 18.5 Å². The van der Waals surface area contributed by atoms with Crippen molar-refractivity contribution in [3.63, 3.8) is 0 Å². The van der Waals surface area contributed by atoms with Crippen molar-refractivity contribution >= 4 is 44.4 Å². The van der Waals surface area contributed by atoms with Crippen LogP contribution in [0.25, 0.3) is 0 Å². The van der Waals surface area contributed by atoms with E-state index in [2.05, 4.69) is 33.4 Å². The Kier molecular flexibility index (Phi) is 18.6. The van der Waals surface area contributed by atoms with Gasteiger partial charge in [0.15, 0.2) is 24.4 Å². The molecule has 0 aromatic carbocycles. The molecule has 0 amide bonds. The van der Waals surface area contributed by atoms with Crippen LogP contribution in [0.2, 0.25) is 0 Å². The molecule has 0 unspecified atom stereocenters. The summed E-state index contributed by atoms with van der Waals surface area (Å²) >= 11 is 4.19. The summed E-state index contributed by atoms with van der Waals surface area (Å²) in [6.45, 7) is 11.5. The van der Waals surface area contributed by atoms with Crippen LogP contribution in [0.15, 0.2) is 0 Å². The smallest absolute Gasteiger partial charge is 0.455 e. The van der Waals surface area contributed by atoms with E-state index in [1.54, 1.807) is 0 Å². The summed E-state index contributed by atoms with van der Waals surface area (Å²) in [5, 5.41) is 0. The number of carbonyl (C=O) groups is 3. The third-order valence-corrected chi connectivity index (χ3v) is 7.41. The van der Waals surface area contributed by atoms with Crippen molar-refractivity contribution in [2.24, 2.45) is 0 Å². The molecule has 1 saturated heterocycles. The molecule has 0 spiro atoms. The van der Waals surface area contributed by atoms with Gasteiger partial charge in [-0.1, -0.05) is 20.8 Å². The topological polar surface area (TPSA) is 119 Å². The zero-order valence-electron chi connectivity index (χ0n) is 19.6. The van der Waals surface area contributed by atoms with Crippen molar-refractivity contribution in [3.05, 3.63) is 0 Å². The molecular formula is C20H36AuO9PS+. The average molecular weight is 681 g/mol. The molecule has 1 rings (SSSR count).